The molecule has 0 bridgehead atoms. The number of carbonyl (C=O) groups is 4. The Bertz CT molecular complexity index is 778. The highest BCUT2D eigenvalue weighted by atomic mass is 16.4. The molecule has 3 amide bonds. The Morgan fingerprint density at radius 3 is 2.34 bits per heavy atom. The number of H-pyrrole nitrogens is 1. The number of aromatic amines is 1. The first kappa shape index (κ1) is 25.3. The quantitative estimate of drug-likeness (QED) is 0.195. The van der Waals surface area contributed by atoms with E-state index in [9.17, 15) is 29.4 Å². The lowest BCUT2D eigenvalue weighted by Gasteiger charge is -2.25. The first-order chi connectivity index (χ1) is 15.2. The summed E-state index contributed by atoms with van der Waals surface area (Å²) in [5, 5.41) is 29.6. The molecular weight excluding hydrogens is 420 g/mol. The van der Waals surface area contributed by atoms with E-state index >= 15 is 0 Å². The van der Waals surface area contributed by atoms with Crippen molar-refractivity contribution in [1.82, 2.24) is 31.2 Å². The van der Waals surface area contributed by atoms with E-state index in [-0.39, 0.29) is 18.8 Å². The van der Waals surface area contributed by atoms with Gasteiger partial charge in [-0.1, -0.05) is 13.8 Å². The third kappa shape index (κ3) is 7.61. The normalized spacial score (nSPS) is 18.6. The fraction of sp³-hybridized carbons (Fsp3) is 0.650. The largest absolute Gasteiger partial charge is 0.480 e. The van der Waals surface area contributed by atoms with Crippen molar-refractivity contribution in [3.8, 4) is 0 Å². The van der Waals surface area contributed by atoms with Gasteiger partial charge in [0.25, 0.3) is 0 Å². The van der Waals surface area contributed by atoms with Gasteiger partial charge in [-0.2, -0.15) is 0 Å². The molecule has 2 heterocycles. The van der Waals surface area contributed by atoms with Crippen LogP contribution in [0.25, 0.3) is 0 Å². The van der Waals surface area contributed by atoms with Crippen LogP contribution in [-0.4, -0.2) is 81.2 Å². The first-order valence-corrected chi connectivity index (χ1v) is 10.7. The number of carboxylic acids is 1. The van der Waals surface area contributed by atoms with Crippen molar-refractivity contribution in [2.24, 2.45) is 5.92 Å². The summed E-state index contributed by atoms with van der Waals surface area (Å²) in [4.78, 5) is 56.0. The van der Waals surface area contributed by atoms with Crippen molar-refractivity contribution in [3.63, 3.8) is 0 Å². The molecular formula is C20H32N6O6. The van der Waals surface area contributed by atoms with Gasteiger partial charge in [0.05, 0.1) is 19.0 Å². The monoisotopic (exact) mass is 452 g/mol. The van der Waals surface area contributed by atoms with Crippen molar-refractivity contribution in [1.29, 1.82) is 0 Å². The third-order valence-corrected chi connectivity index (χ3v) is 5.13. The molecule has 32 heavy (non-hydrogen) atoms. The van der Waals surface area contributed by atoms with Gasteiger partial charge in [-0.25, -0.2) is 9.78 Å². The first-order valence-electron chi connectivity index (χ1n) is 10.7. The highest BCUT2D eigenvalue weighted by molar-refractivity contribution is 5.94. The van der Waals surface area contributed by atoms with Crippen LogP contribution in [0.5, 0.6) is 0 Å². The molecule has 4 unspecified atom stereocenters. The highest BCUT2D eigenvalue weighted by Crippen LogP contribution is 2.08. The summed E-state index contributed by atoms with van der Waals surface area (Å²) in [6, 6.07) is -3.92. The lowest BCUT2D eigenvalue weighted by molar-refractivity contribution is -0.142. The van der Waals surface area contributed by atoms with E-state index < -0.39 is 54.5 Å². The maximum absolute atomic E-state index is 12.8. The molecule has 0 aromatic carbocycles. The lowest BCUT2D eigenvalue weighted by Crippen LogP contribution is -2.58. The van der Waals surface area contributed by atoms with Crippen LogP contribution < -0.4 is 21.3 Å². The van der Waals surface area contributed by atoms with Gasteiger partial charge in [-0.05, 0) is 31.7 Å². The molecule has 7 N–H and O–H groups in total. The Balaban J connectivity index is 2.02. The van der Waals surface area contributed by atoms with Crippen LogP contribution in [0.3, 0.4) is 0 Å². The summed E-state index contributed by atoms with van der Waals surface area (Å²) in [6.07, 6.45) is 4.58. The zero-order valence-corrected chi connectivity index (χ0v) is 18.3. The number of imidazole rings is 1. The number of carbonyl (C=O) groups excluding carboxylic acids is 3. The zero-order chi connectivity index (χ0) is 23.7. The Kier molecular flexibility index (Phi) is 9.60. The van der Waals surface area contributed by atoms with Gasteiger partial charge in [0, 0.05) is 18.3 Å². The van der Waals surface area contributed by atoms with Gasteiger partial charge < -0.3 is 36.5 Å². The van der Waals surface area contributed by atoms with Crippen LogP contribution >= 0.6 is 0 Å². The van der Waals surface area contributed by atoms with E-state index in [0.29, 0.717) is 18.7 Å². The summed E-state index contributed by atoms with van der Waals surface area (Å²) in [5.41, 5.74) is 0.533. The van der Waals surface area contributed by atoms with Gasteiger partial charge >= 0.3 is 5.97 Å². The molecule has 1 fully saturated rings. The number of rotatable bonds is 12. The lowest BCUT2D eigenvalue weighted by atomic mass is 10.0. The second-order valence-corrected chi connectivity index (χ2v) is 8.26. The van der Waals surface area contributed by atoms with Crippen molar-refractivity contribution >= 4 is 23.7 Å². The minimum atomic E-state index is -1.23. The van der Waals surface area contributed by atoms with E-state index in [0.717, 1.165) is 6.42 Å². The molecule has 1 aliphatic heterocycles. The smallest absolute Gasteiger partial charge is 0.326 e. The summed E-state index contributed by atoms with van der Waals surface area (Å²) < 4.78 is 0. The number of carboxylic acid groups (broad SMARTS) is 1. The van der Waals surface area contributed by atoms with Crippen LogP contribution in [0.4, 0.5) is 0 Å². The number of aromatic nitrogens is 2. The van der Waals surface area contributed by atoms with Gasteiger partial charge in [-0.3, -0.25) is 14.4 Å². The molecule has 12 nitrogen and oxygen atoms in total. The molecule has 0 saturated carbocycles. The molecule has 178 valence electrons. The number of amides is 3. The number of aliphatic carboxylic acids is 1. The molecule has 1 aliphatic rings. The number of nitrogens with zero attached hydrogens (tertiary/aromatic N) is 1. The summed E-state index contributed by atoms with van der Waals surface area (Å²) in [7, 11) is 0. The molecule has 0 aliphatic carbocycles. The van der Waals surface area contributed by atoms with Gasteiger partial charge in [0.15, 0.2) is 0 Å². The number of hydrogen-bond donors (Lipinski definition) is 7. The predicted octanol–water partition coefficient (Wildman–Crippen LogP) is -1.72. The molecule has 2 rings (SSSR count). The summed E-state index contributed by atoms with van der Waals surface area (Å²) in [6.45, 7) is 3.76. The Morgan fingerprint density at radius 1 is 1.12 bits per heavy atom. The maximum atomic E-state index is 12.8. The van der Waals surface area contributed by atoms with Crippen LogP contribution in [0, 0.1) is 5.92 Å². The van der Waals surface area contributed by atoms with Gasteiger partial charge in [0.1, 0.15) is 18.1 Å². The SMILES string of the molecule is CC(C)CC(NC(=O)C(CO)NC(=O)C1CCCN1)C(=O)NC(Cc1cnc[nH]1)C(=O)O. The van der Waals surface area contributed by atoms with E-state index in [4.69, 9.17) is 0 Å². The van der Waals surface area contributed by atoms with Crippen LogP contribution in [0.15, 0.2) is 12.5 Å². The maximum Gasteiger partial charge on any atom is 0.326 e. The Hall–Kier alpha value is -2.99. The Labute approximate surface area is 185 Å². The average Bonchev–Trinajstić information content (AvgIpc) is 3.44. The van der Waals surface area contributed by atoms with E-state index in [1.54, 1.807) is 0 Å². The van der Waals surface area contributed by atoms with Crippen LogP contribution in [0.1, 0.15) is 38.8 Å². The second-order valence-electron chi connectivity index (χ2n) is 8.26. The molecule has 1 aromatic heterocycles. The third-order valence-electron chi connectivity index (χ3n) is 5.13. The predicted molar refractivity (Wildman–Crippen MR) is 113 cm³/mol. The van der Waals surface area contributed by atoms with Crippen LogP contribution in [0.2, 0.25) is 0 Å². The van der Waals surface area contributed by atoms with Crippen molar-refractivity contribution in [2.45, 2.75) is 63.7 Å². The highest BCUT2D eigenvalue weighted by Gasteiger charge is 2.31. The number of hydrogen-bond acceptors (Lipinski definition) is 7. The standard InChI is InChI=1S/C20H32N6O6/c1-11(2)6-14(18(29)25-15(20(31)32)7-12-8-21-10-23-12)24-19(30)16(9-27)26-17(28)13-4-3-5-22-13/h8,10-11,13-16,22,27H,3-7,9H2,1-2H3,(H,21,23)(H,24,30)(H,25,29)(H,26,28)(H,31,32). The minimum absolute atomic E-state index is 0.00629. The summed E-state index contributed by atoms with van der Waals surface area (Å²) in [5.74, 6) is -3.01. The molecule has 0 spiro atoms. The minimum Gasteiger partial charge on any atom is -0.480 e. The number of aliphatic hydroxyl groups excluding tert-OH is 1. The average molecular weight is 453 g/mol. The van der Waals surface area contributed by atoms with Gasteiger partial charge in [-0.15, -0.1) is 0 Å². The van der Waals surface area contributed by atoms with E-state index in [1.165, 1.54) is 12.5 Å². The van der Waals surface area contributed by atoms with E-state index in [2.05, 4.69) is 31.2 Å². The van der Waals surface area contributed by atoms with Crippen molar-refractivity contribution in [3.05, 3.63) is 18.2 Å². The number of aliphatic hydroxyl groups is 1. The van der Waals surface area contributed by atoms with Crippen molar-refractivity contribution in [2.75, 3.05) is 13.2 Å². The molecule has 12 heteroatoms. The number of nitrogens with one attached hydrogen (secondary N) is 5. The molecule has 4 atom stereocenters. The fourth-order valence-electron chi connectivity index (χ4n) is 3.44. The van der Waals surface area contributed by atoms with Gasteiger partial charge in [0.2, 0.25) is 17.7 Å². The summed E-state index contributed by atoms with van der Waals surface area (Å²) >= 11 is 0. The topological polar surface area (TPSA) is 186 Å². The fourth-order valence-corrected chi connectivity index (χ4v) is 3.44. The molecule has 1 saturated heterocycles. The van der Waals surface area contributed by atoms with Crippen molar-refractivity contribution < 1.29 is 29.4 Å². The zero-order valence-electron chi connectivity index (χ0n) is 18.3. The molecule has 0 radical (unpaired) electrons. The Morgan fingerprint density at radius 2 is 1.81 bits per heavy atom. The second kappa shape index (κ2) is 12.2. The molecule has 1 aromatic rings. The van der Waals surface area contributed by atoms with Crippen LogP contribution in [-0.2, 0) is 25.6 Å². The van der Waals surface area contributed by atoms with E-state index in [1.807, 2.05) is 13.8 Å².